The first kappa shape index (κ1) is 23.2. The Labute approximate surface area is 161 Å². The second-order valence-electron chi connectivity index (χ2n) is 6.62. The zero-order chi connectivity index (χ0) is 20.0. The number of carbonyl (C=O) groups is 1. The molecule has 1 aromatic rings. The fraction of sp³-hybridized carbons (Fsp3) is 0.650. The van der Waals surface area contributed by atoms with E-state index in [2.05, 4.69) is 0 Å². The molecule has 0 bridgehead atoms. The molecule has 0 saturated carbocycles. The maximum Gasteiger partial charge on any atom is 0.332 e. The van der Waals surface area contributed by atoms with E-state index in [4.69, 9.17) is 28.4 Å². The normalized spacial score (nSPS) is 11.3. The minimum Gasteiger partial charge on any atom is -0.494 e. The van der Waals surface area contributed by atoms with Crippen LogP contribution in [0.4, 0.5) is 0 Å². The van der Waals surface area contributed by atoms with E-state index in [1.807, 2.05) is 52.0 Å². The summed E-state index contributed by atoms with van der Waals surface area (Å²) in [7, 11) is 0. The third kappa shape index (κ3) is 13.1. The van der Waals surface area contributed by atoms with E-state index < -0.39 is 5.60 Å². The van der Waals surface area contributed by atoms with Crippen LogP contribution < -0.4 is 9.47 Å². The number of esters is 1. The van der Waals surface area contributed by atoms with Gasteiger partial charge in [-0.15, -0.1) is 0 Å². The van der Waals surface area contributed by atoms with Crippen molar-refractivity contribution in [3.05, 3.63) is 24.3 Å². The molecule has 0 heterocycles. The molecule has 0 saturated heterocycles. The summed E-state index contributed by atoms with van der Waals surface area (Å²) in [6.45, 7) is 10.6. The first-order chi connectivity index (χ1) is 12.9. The largest absolute Gasteiger partial charge is 0.494 e. The smallest absolute Gasteiger partial charge is 0.332 e. The Hall–Kier alpha value is -1.83. The van der Waals surface area contributed by atoms with Gasteiger partial charge in [0.1, 0.15) is 30.3 Å². The first-order valence-corrected chi connectivity index (χ1v) is 9.21. The summed E-state index contributed by atoms with van der Waals surface area (Å²) in [6, 6.07) is 7.48. The van der Waals surface area contributed by atoms with Gasteiger partial charge in [-0.1, -0.05) is 0 Å². The Bertz CT molecular complexity index is 508. The molecule has 0 unspecified atom stereocenters. The lowest BCUT2D eigenvalue weighted by Crippen LogP contribution is -2.27. The molecule has 0 radical (unpaired) electrons. The van der Waals surface area contributed by atoms with Crippen molar-refractivity contribution in [1.29, 1.82) is 0 Å². The van der Waals surface area contributed by atoms with Gasteiger partial charge in [-0.25, -0.2) is 4.79 Å². The molecule has 27 heavy (non-hydrogen) atoms. The summed E-state index contributed by atoms with van der Waals surface area (Å²) in [6.07, 6.45) is 0. The molecule has 1 aromatic carbocycles. The maximum absolute atomic E-state index is 11.4. The van der Waals surface area contributed by atoms with E-state index >= 15 is 0 Å². The number of carbonyl (C=O) groups excluding carboxylic acids is 1. The Morgan fingerprint density at radius 1 is 0.778 bits per heavy atom. The van der Waals surface area contributed by atoms with E-state index in [1.54, 1.807) is 0 Å². The maximum atomic E-state index is 11.4. The summed E-state index contributed by atoms with van der Waals surface area (Å²) < 4.78 is 32.0. The lowest BCUT2D eigenvalue weighted by atomic mass is 10.2. The molecule has 0 aliphatic heterocycles. The van der Waals surface area contributed by atoms with Crippen LogP contribution in [0.25, 0.3) is 0 Å². The highest BCUT2D eigenvalue weighted by atomic mass is 16.6. The van der Waals surface area contributed by atoms with Crippen LogP contribution >= 0.6 is 0 Å². The summed E-state index contributed by atoms with van der Waals surface area (Å²) in [5.41, 5.74) is -0.495. The molecule has 0 N–H and O–H groups in total. The average Bonchev–Trinajstić information content (AvgIpc) is 2.60. The molecule has 1 rings (SSSR count). The lowest BCUT2D eigenvalue weighted by molar-refractivity contribution is -0.160. The first-order valence-electron chi connectivity index (χ1n) is 9.21. The van der Waals surface area contributed by atoms with Crippen LogP contribution in [0.5, 0.6) is 11.5 Å². The third-order valence-electron chi connectivity index (χ3n) is 3.02. The molecule has 0 aliphatic carbocycles. The number of rotatable bonds is 14. The van der Waals surface area contributed by atoms with Gasteiger partial charge in [-0.05, 0) is 52.0 Å². The van der Waals surface area contributed by atoms with Gasteiger partial charge >= 0.3 is 5.97 Å². The second kappa shape index (κ2) is 13.4. The zero-order valence-electron chi connectivity index (χ0n) is 16.8. The molecule has 0 amide bonds. The second-order valence-corrected chi connectivity index (χ2v) is 6.62. The topological polar surface area (TPSA) is 72.5 Å². The fourth-order valence-corrected chi connectivity index (χ4v) is 1.98. The van der Waals surface area contributed by atoms with Gasteiger partial charge in [0.25, 0.3) is 0 Å². The molecular weight excluding hydrogens is 352 g/mol. The Morgan fingerprint density at radius 2 is 1.26 bits per heavy atom. The van der Waals surface area contributed by atoms with Crippen molar-refractivity contribution in [3.63, 3.8) is 0 Å². The molecule has 0 aliphatic rings. The van der Waals surface area contributed by atoms with Crippen molar-refractivity contribution in [2.24, 2.45) is 0 Å². The summed E-state index contributed by atoms with van der Waals surface area (Å²) in [4.78, 5) is 11.4. The highest BCUT2D eigenvalue weighted by Crippen LogP contribution is 2.17. The standard InChI is InChI=1S/C20H32O7/c1-5-25-17-6-8-18(9-7-17)26-15-14-23-11-10-22-12-13-24-16-19(21)27-20(2,3)4/h6-9H,5,10-16H2,1-4H3. The molecule has 7 heteroatoms. The van der Waals surface area contributed by atoms with Gasteiger partial charge in [-0.2, -0.15) is 0 Å². The minimum atomic E-state index is -0.495. The molecule has 7 nitrogen and oxygen atoms in total. The Kier molecular flexibility index (Phi) is 11.5. The fourth-order valence-electron chi connectivity index (χ4n) is 1.98. The van der Waals surface area contributed by atoms with E-state index in [0.29, 0.717) is 46.2 Å². The van der Waals surface area contributed by atoms with Crippen LogP contribution in [0, 0.1) is 0 Å². The van der Waals surface area contributed by atoms with Crippen molar-refractivity contribution in [1.82, 2.24) is 0 Å². The van der Waals surface area contributed by atoms with Crippen LogP contribution in [0.1, 0.15) is 27.7 Å². The van der Waals surface area contributed by atoms with Crippen LogP contribution in [0.3, 0.4) is 0 Å². The monoisotopic (exact) mass is 384 g/mol. The highest BCUT2D eigenvalue weighted by Gasteiger charge is 2.15. The van der Waals surface area contributed by atoms with Gasteiger partial charge < -0.3 is 28.4 Å². The van der Waals surface area contributed by atoms with Gasteiger partial charge in [0.2, 0.25) is 0 Å². The quantitative estimate of drug-likeness (QED) is 0.361. The minimum absolute atomic E-state index is 0.0694. The lowest BCUT2D eigenvalue weighted by Gasteiger charge is -2.19. The number of ether oxygens (including phenoxy) is 6. The van der Waals surface area contributed by atoms with Crippen molar-refractivity contribution in [3.8, 4) is 11.5 Å². The van der Waals surface area contributed by atoms with Crippen LogP contribution in [-0.4, -0.2) is 64.4 Å². The Morgan fingerprint density at radius 3 is 1.78 bits per heavy atom. The van der Waals surface area contributed by atoms with E-state index in [-0.39, 0.29) is 12.6 Å². The van der Waals surface area contributed by atoms with Gasteiger partial charge in [-0.3, -0.25) is 0 Å². The van der Waals surface area contributed by atoms with Crippen LogP contribution in [0.15, 0.2) is 24.3 Å². The molecule has 0 fully saturated rings. The van der Waals surface area contributed by atoms with Crippen LogP contribution in [0.2, 0.25) is 0 Å². The molecule has 0 spiro atoms. The molecule has 154 valence electrons. The molecule has 0 atom stereocenters. The average molecular weight is 384 g/mol. The predicted octanol–water partition coefficient (Wildman–Crippen LogP) is 2.86. The summed E-state index contributed by atoms with van der Waals surface area (Å²) in [5, 5.41) is 0. The van der Waals surface area contributed by atoms with Gasteiger partial charge in [0.15, 0.2) is 0 Å². The number of benzene rings is 1. The van der Waals surface area contributed by atoms with Crippen LogP contribution in [-0.2, 0) is 23.7 Å². The van der Waals surface area contributed by atoms with Crippen molar-refractivity contribution in [2.75, 3.05) is 52.9 Å². The highest BCUT2D eigenvalue weighted by molar-refractivity contribution is 5.71. The Balaban J connectivity index is 1.89. The van der Waals surface area contributed by atoms with Gasteiger partial charge in [0, 0.05) is 0 Å². The molecule has 0 aromatic heterocycles. The summed E-state index contributed by atoms with van der Waals surface area (Å²) in [5.74, 6) is 1.23. The number of hydrogen-bond acceptors (Lipinski definition) is 7. The van der Waals surface area contributed by atoms with E-state index in [9.17, 15) is 4.79 Å². The third-order valence-corrected chi connectivity index (χ3v) is 3.02. The number of hydrogen-bond donors (Lipinski definition) is 0. The van der Waals surface area contributed by atoms with E-state index in [1.165, 1.54) is 0 Å². The van der Waals surface area contributed by atoms with E-state index in [0.717, 1.165) is 11.5 Å². The molecular formula is C20H32O7. The summed E-state index contributed by atoms with van der Waals surface area (Å²) >= 11 is 0. The van der Waals surface area contributed by atoms with Gasteiger partial charge in [0.05, 0.1) is 39.6 Å². The zero-order valence-corrected chi connectivity index (χ0v) is 16.8. The van der Waals surface area contributed by atoms with Crippen molar-refractivity contribution >= 4 is 5.97 Å². The predicted molar refractivity (Wildman–Crippen MR) is 101 cm³/mol. The SMILES string of the molecule is CCOc1ccc(OCCOCCOCCOCC(=O)OC(C)(C)C)cc1. The van der Waals surface area contributed by atoms with Crippen molar-refractivity contribution < 1.29 is 33.2 Å². The van der Waals surface area contributed by atoms with Crippen molar-refractivity contribution in [2.45, 2.75) is 33.3 Å².